The topological polar surface area (TPSA) is 40.6 Å². The van der Waals surface area contributed by atoms with E-state index in [9.17, 15) is 9.59 Å². The van der Waals surface area contributed by atoms with E-state index in [0.29, 0.717) is 22.6 Å². The van der Waals surface area contributed by atoms with Crippen molar-refractivity contribution in [2.75, 3.05) is 22.7 Å². The molecule has 0 N–H and O–H groups in total. The van der Waals surface area contributed by atoms with Crippen LogP contribution in [0.4, 0.5) is 17.1 Å². The third-order valence-corrected chi connectivity index (χ3v) is 3.91. The lowest BCUT2D eigenvalue weighted by Gasteiger charge is -2.24. The van der Waals surface area contributed by atoms with E-state index in [0.717, 1.165) is 0 Å². The van der Waals surface area contributed by atoms with Crippen molar-refractivity contribution in [3.05, 3.63) is 54.1 Å². The molecule has 0 atom stereocenters. The Labute approximate surface area is 133 Å². The lowest BCUT2D eigenvalue weighted by atomic mass is 10.1. The maximum atomic E-state index is 12.7. The minimum Gasteiger partial charge on any atom is -0.309 e. The Morgan fingerprint density at radius 3 is 2.27 bits per heavy atom. The zero-order valence-corrected chi connectivity index (χ0v) is 12.9. The Hall–Kier alpha value is -2.33. The van der Waals surface area contributed by atoms with Crippen molar-refractivity contribution < 1.29 is 9.59 Å². The van der Waals surface area contributed by atoms with Gasteiger partial charge in [-0.15, -0.1) is 11.6 Å². The molecule has 22 heavy (non-hydrogen) atoms. The highest BCUT2D eigenvalue weighted by Gasteiger charge is 2.31. The summed E-state index contributed by atoms with van der Waals surface area (Å²) < 4.78 is 0. The summed E-state index contributed by atoms with van der Waals surface area (Å²) in [6, 6.07) is 14.5. The number of rotatable bonds is 2. The summed E-state index contributed by atoms with van der Waals surface area (Å²) >= 11 is 5.74. The van der Waals surface area contributed by atoms with Crippen molar-refractivity contribution in [1.82, 2.24) is 0 Å². The molecule has 0 fully saturated rings. The smallest absolute Gasteiger partial charge is 0.260 e. The number of nitrogens with zero attached hydrogens (tertiary/aromatic N) is 2. The maximum Gasteiger partial charge on any atom is 0.260 e. The minimum atomic E-state index is -0.135. The van der Waals surface area contributed by atoms with Crippen molar-refractivity contribution in [2.24, 2.45) is 0 Å². The van der Waals surface area contributed by atoms with Gasteiger partial charge in [-0.3, -0.25) is 14.5 Å². The lowest BCUT2D eigenvalue weighted by molar-refractivity contribution is -0.117. The van der Waals surface area contributed by atoms with Crippen LogP contribution in [0.1, 0.15) is 16.8 Å². The summed E-state index contributed by atoms with van der Waals surface area (Å²) in [4.78, 5) is 28.5. The molecule has 0 aromatic heterocycles. The van der Waals surface area contributed by atoms with Crippen molar-refractivity contribution in [1.29, 1.82) is 0 Å². The van der Waals surface area contributed by atoms with E-state index in [2.05, 4.69) is 0 Å². The van der Waals surface area contributed by atoms with Crippen LogP contribution in [0.15, 0.2) is 48.5 Å². The standard InChI is InChI=1S/C17H15ClN2O2/c1-19-14-8-4-5-9-15(14)20(16(21)10-11-18)13-7-3-2-6-12(13)17(19)22/h2-9H,10-11H2,1H3. The summed E-state index contributed by atoms with van der Waals surface area (Å²) in [6.07, 6.45) is 0.210. The van der Waals surface area contributed by atoms with E-state index in [1.807, 2.05) is 30.3 Å². The van der Waals surface area contributed by atoms with Gasteiger partial charge < -0.3 is 4.90 Å². The molecular weight excluding hydrogens is 300 g/mol. The molecule has 0 saturated carbocycles. The number of benzene rings is 2. The van der Waals surface area contributed by atoms with Crippen LogP contribution < -0.4 is 9.80 Å². The van der Waals surface area contributed by atoms with Gasteiger partial charge in [0.1, 0.15) is 0 Å². The van der Waals surface area contributed by atoms with E-state index in [-0.39, 0.29) is 24.1 Å². The van der Waals surface area contributed by atoms with Gasteiger partial charge in [-0.2, -0.15) is 0 Å². The maximum absolute atomic E-state index is 12.7. The van der Waals surface area contributed by atoms with Crippen molar-refractivity contribution >= 4 is 40.5 Å². The Bertz CT molecular complexity index is 745. The second-order valence-corrected chi connectivity index (χ2v) is 5.42. The molecule has 0 aliphatic carbocycles. The molecule has 112 valence electrons. The summed E-state index contributed by atoms with van der Waals surface area (Å²) in [5, 5.41) is 0. The molecule has 2 amide bonds. The number of carbonyl (C=O) groups is 2. The van der Waals surface area contributed by atoms with Crippen LogP contribution >= 0.6 is 11.6 Å². The first kappa shape index (κ1) is 14.6. The Kier molecular flexibility index (Phi) is 3.86. The molecule has 2 aromatic carbocycles. The van der Waals surface area contributed by atoms with Gasteiger partial charge in [0, 0.05) is 19.3 Å². The quantitative estimate of drug-likeness (QED) is 0.795. The SMILES string of the molecule is CN1C(=O)c2ccccc2N(C(=O)CCCl)c2ccccc21. The highest BCUT2D eigenvalue weighted by molar-refractivity contribution is 6.21. The molecule has 0 spiro atoms. The van der Waals surface area contributed by atoms with Gasteiger partial charge in [0.05, 0.1) is 22.6 Å². The van der Waals surface area contributed by atoms with Crippen molar-refractivity contribution in [2.45, 2.75) is 6.42 Å². The highest BCUT2D eigenvalue weighted by Crippen LogP contribution is 2.40. The van der Waals surface area contributed by atoms with Crippen LogP contribution in [0.3, 0.4) is 0 Å². The molecule has 0 unspecified atom stereocenters. The van der Waals surface area contributed by atoms with Gasteiger partial charge in [-0.05, 0) is 24.3 Å². The number of alkyl halides is 1. The number of fused-ring (bicyclic) bond motifs is 2. The zero-order chi connectivity index (χ0) is 15.7. The number of para-hydroxylation sites is 3. The number of halogens is 1. The number of carbonyl (C=O) groups excluding carboxylic acids is 2. The molecule has 1 aliphatic heterocycles. The Morgan fingerprint density at radius 1 is 1.00 bits per heavy atom. The molecule has 3 rings (SSSR count). The average molecular weight is 315 g/mol. The first-order valence-electron chi connectivity index (χ1n) is 7.00. The molecule has 2 aromatic rings. The van der Waals surface area contributed by atoms with Crippen molar-refractivity contribution in [3.63, 3.8) is 0 Å². The number of hydrogen-bond donors (Lipinski definition) is 0. The first-order valence-corrected chi connectivity index (χ1v) is 7.53. The van der Waals surface area contributed by atoms with E-state index in [4.69, 9.17) is 11.6 Å². The first-order chi connectivity index (χ1) is 10.6. The zero-order valence-electron chi connectivity index (χ0n) is 12.1. The molecule has 4 nitrogen and oxygen atoms in total. The fourth-order valence-corrected chi connectivity index (χ4v) is 2.83. The van der Waals surface area contributed by atoms with E-state index in [1.54, 1.807) is 35.0 Å². The predicted octanol–water partition coefficient (Wildman–Crippen LogP) is 3.57. The monoisotopic (exact) mass is 314 g/mol. The molecule has 1 aliphatic rings. The average Bonchev–Trinajstić information content (AvgIpc) is 2.63. The molecular formula is C17H15ClN2O2. The molecule has 0 saturated heterocycles. The third-order valence-electron chi connectivity index (χ3n) is 3.72. The third kappa shape index (κ3) is 2.25. The van der Waals surface area contributed by atoms with Gasteiger partial charge in [0.2, 0.25) is 5.91 Å². The van der Waals surface area contributed by atoms with E-state index < -0.39 is 0 Å². The van der Waals surface area contributed by atoms with Crippen LogP contribution in [0.5, 0.6) is 0 Å². The van der Waals surface area contributed by atoms with Crippen LogP contribution in [-0.4, -0.2) is 24.7 Å². The van der Waals surface area contributed by atoms with E-state index >= 15 is 0 Å². The molecule has 5 heteroatoms. The van der Waals surface area contributed by atoms with Gasteiger partial charge in [-0.1, -0.05) is 24.3 Å². The van der Waals surface area contributed by atoms with Crippen LogP contribution in [-0.2, 0) is 4.79 Å². The second-order valence-electron chi connectivity index (χ2n) is 5.04. The van der Waals surface area contributed by atoms with Crippen LogP contribution in [0.25, 0.3) is 0 Å². The van der Waals surface area contributed by atoms with Crippen molar-refractivity contribution in [3.8, 4) is 0 Å². The van der Waals surface area contributed by atoms with Gasteiger partial charge in [0.15, 0.2) is 0 Å². The molecule has 1 heterocycles. The lowest BCUT2D eigenvalue weighted by Crippen LogP contribution is -2.26. The summed E-state index contributed by atoms with van der Waals surface area (Å²) in [6.45, 7) is 0. The van der Waals surface area contributed by atoms with Gasteiger partial charge in [-0.25, -0.2) is 0 Å². The Morgan fingerprint density at radius 2 is 1.59 bits per heavy atom. The second kappa shape index (κ2) is 5.81. The number of anilines is 3. The molecule has 0 bridgehead atoms. The largest absolute Gasteiger partial charge is 0.309 e. The fourth-order valence-electron chi connectivity index (χ4n) is 2.67. The van der Waals surface area contributed by atoms with Gasteiger partial charge in [0.25, 0.3) is 5.91 Å². The minimum absolute atomic E-state index is 0.127. The van der Waals surface area contributed by atoms with Crippen LogP contribution in [0.2, 0.25) is 0 Å². The predicted molar refractivity (Wildman–Crippen MR) is 88.1 cm³/mol. The van der Waals surface area contributed by atoms with E-state index in [1.165, 1.54) is 0 Å². The van der Waals surface area contributed by atoms with Gasteiger partial charge >= 0.3 is 0 Å². The summed E-state index contributed by atoms with van der Waals surface area (Å²) in [5.41, 5.74) is 2.49. The molecule has 0 radical (unpaired) electrons. The normalized spacial score (nSPS) is 13.5. The Balaban J connectivity index is 2.28. The van der Waals surface area contributed by atoms with Crippen LogP contribution in [0, 0.1) is 0 Å². The fraction of sp³-hybridized carbons (Fsp3) is 0.176. The number of hydrogen-bond acceptors (Lipinski definition) is 2. The number of amides is 2. The highest BCUT2D eigenvalue weighted by atomic mass is 35.5. The summed E-state index contributed by atoms with van der Waals surface area (Å²) in [5.74, 6) is -0.0223. The summed E-state index contributed by atoms with van der Waals surface area (Å²) in [7, 11) is 1.72.